The number of aromatic nitrogens is 1. The predicted molar refractivity (Wildman–Crippen MR) is 48.6 cm³/mol. The van der Waals surface area contributed by atoms with Gasteiger partial charge in [0.05, 0.1) is 0 Å². The van der Waals surface area contributed by atoms with Gasteiger partial charge in [-0.3, -0.25) is 9.59 Å². The van der Waals surface area contributed by atoms with Crippen LogP contribution in [0.5, 0.6) is 0 Å². The van der Waals surface area contributed by atoms with Crippen molar-refractivity contribution in [3.05, 3.63) is 24.0 Å². The van der Waals surface area contributed by atoms with Crippen molar-refractivity contribution in [2.24, 2.45) is 5.73 Å². The lowest BCUT2D eigenvalue weighted by Gasteiger charge is -2.02. The maximum Gasteiger partial charge on any atom is 0.454 e. The molecule has 0 fully saturated rings. The Morgan fingerprint density at radius 1 is 1.38 bits per heavy atom. The Morgan fingerprint density at radius 3 is 2.50 bits per heavy atom. The number of hydrogen-bond acceptors (Lipinski definition) is 2. The van der Waals surface area contributed by atoms with Gasteiger partial charge in [0.15, 0.2) is 0 Å². The number of rotatable bonds is 4. The highest BCUT2D eigenvalue weighted by molar-refractivity contribution is 6.00. The number of halogens is 3. The van der Waals surface area contributed by atoms with Gasteiger partial charge in [-0.2, -0.15) is 13.2 Å². The number of Topliss-reactive ketones (excluding diaryl/α,β-unsaturated/α-hetero) is 1. The normalized spacial score (nSPS) is 11.4. The highest BCUT2D eigenvalue weighted by Crippen LogP contribution is 2.21. The number of carbonyl (C=O) groups excluding carboxylic acids is 2. The van der Waals surface area contributed by atoms with Gasteiger partial charge in [-0.25, -0.2) is 0 Å². The van der Waals surface area contributed by atoms with Crippen LogP contribution in [0.3, 0.4) is 0 Å². The smallest absolute Gasteiger partial charge is 0.370 e. The molecule has 1 heterocycles. The molecule has 7 heteroatoms. The second-order valence-electron chi connectivity index (χ2n) is 3.18. The summed E-state index contributed by atoms with van der Waals surface area (Å²) in [5.74, 6) is -2.46. The molecule has 0 saturated carbocycles. The topological polar surface area (TPSA) is 65.1 Å². The number of amides is 1. The van der Waals surface area contributed by atoms with Crippen LogP contribution in [0.1, 0.15) is 16.8 Å². The molecule has 0 aliphatic rings. The molecular weight excluding hydrogens is 225 g/mol. The van der Waals surface area contributed by atoms with E-state index in [-0.39, 0.29) is 13.0 Å². The third-order valence-corrected chi connectivity index (χ3v) is 1.89. The Hall–Kier alpha value is -1.79. The van der Waals surface area contributed by atoms with Crippen molar-refractivity contribution < 1.29 is 22.8 Å². The van der Waals surface area contributed by atoms with E-state index in [4.69, 9.17) is 5.73 Å². The second-order valence-corrected chi connectivity index (χ2v) is 3.18. The highest BCUT2D eigenvalue weighted by atomic mass is 19.4. The highest BCUT2D eigenvalue weighted by Gasteiger charge is 2.39. The van der Waals surface area contributed by atoms with Crippen LogP contribution in [0.4, 0.5) is 13.2 Å². The molecule has 1 aromatic rings. The average molecular weight is 234 g/mol. The molecular formula is C9H9F3N2O2. The van der Waals surface area contributed by atoms with Gasteiger partial charge in [-0.15, -0.1) is 0 Å². The van der Waals surface area contributed by atoms with Crippen LogP contribution in [0.25, 0.3) is 0 Å². The molecule has 0 saturated heterocycles. The number of nitrogens with two attached hydrogens (primary N) is 1. The van der Waals surface area contributed by atoms with E-state index < -0.39 is 23.4 Å². The van der Waals surface area contributed by atoms with Crippen molar-refractivity contribution in [3.63, 3.8) is 0 Å². The minimum atomic E-state index is -4.88. The number of primary amides is 1. The van der Waals surface area contributed by atoms with E-state index >= 15 is 0 Å². The lowest BCUT2D eigenvalue weighted by atomic mass is 10.2. The summed E-state index contributed by atoms with van der Waals surface area (Å²) >= 11 is 0. The van der Waals surface area contributed by atoms with Crippen LogP contribution < -0.4 is 5.73 Å². The first kappa shape index (κ1) is 12.3. The summed E-state index contributed by atoms with van der Waals surface area (Å²) in [6.45, 7) is 0.153. The van der Waals surface area contributed by atoms with Crippen LogP contribution in [-0.4, -0.2) is 22.4 Å². The van der Waals surface area contributed by atoms with E-state index in [2.05, 4.69) is 0 Å². The zero-order valence-corrected chi connectivity index (χ0v) is 8.12. The average Bonchev–Trinajstić information content (AvgIpc) is 2.60. The molecule has 1 amide bonds. The fourth-order valence-electron chi connectivity index (χ4n) is 1.12. The van der Waals surface area contributed by atoms with Gasteiger partial charge in [0, 0.05) is 30.9 Å². The quantitative estimate of drug-likeness (QED) is 0.793. The van der Waals surface area contributed by atoms with Gasteiger partial charge in [-0.05, 0) is 6.07 Å². The van der Waals surface area contributed by atoms with Crippen molar-refractivity contribution >= 4 is 11.7 Å². The SMILES string of the molecule is NC(=O)CCn1ccc(C(=O)C(F)(F)F)c1. The number of ketones is 1. The Morgan fingerprint density at radius 2 is 2.00 bits per heavy atom. The van der Waals surface area contributed by atoms with E-state index in [1.807, 2.05) is 0 Å². The maximum absolute atomic E-state index is 12.0. The molecule has 0 radical (unpaired) electrons. The molecule has 0 atom stereocenters. The van der Waals surface area contributed by atoms with Gasteiger partial charge < -0.3 is 10.3 Å². The van der Waals surface area contributed by atoms with Gasteiger partial charge in [0.2, 0.25) is 5.91 Å². The van der Waals surface area contributed by atoms with E-state index in [0.29, 0.717) is 0 Å². The van der Waals surface area contributed by atoms with Crippen molar-refractivity contribution in [2.75, 3.05) is 0 Å². The van der Waals surface area contributed by atoms with E-state index in [1.165, 1.54) is 10.8 Å². The van der Waals surface area contributed by atoms with Gasteiger partial charge in [0.1, 0.15) is 0 Å². The Labute approximate surface area is 88.8 Å². The summed E-state index contributed by atoms with van der Waals surface area (Å²) in [4.78, 5) is 21.2. The number of hydrogen-bond donors (Lipinski definition) is 1. The van der Waals surface area contributed by atoms with Crippen molar-refractivity contribution in [3.8, 4) is 0 Å². The van der Waals surface area contributed by atoms with Crippen LogP contribution in [0.2, 0.25) is 0 Å². The minimum absolute atomic E-state index is 0.00826. The zero-order valence-electron chi connectivity index (χ0n) is 8.12. The summed E-state index contributed by atoms with van der Waals surface area (Å²) in [6.07, 6.45) is -2.54. The number of alkyl halides is 3. The first-order chi connectivity index (χ1) is 7.30. The third kappa shape index (κ3) is 3.11. The zero-order chi connectivity index (χ0) is 12.3. The molecule has 0 bridgehead atoms. The number of carbonyl (C=O) groups is 2. The molecule has 1 aromatic heterocycles. The summed E-state index contributed by atoms with van der Waals surface area (Å²) in [5.41, 5.74) is 4.43. The molecule has 0 unspecified atom stereocenters. The van der Waals surface area contributed by atoms with Crippen LogP contribution in [0.15, 0.2) is 18.5 Å². The molecule has 1 rings (SSSR count). The van der Waals surface area contributed by atoms with E-state index in [1.54, 1.807) is 0 Å². The molecule has 0 spiro atoms. The van der Waals surface area contributed by atoms with Crippen molar-refractivity contribution in [1.29, 1.82) is 0 Å². The first-order valence-electron chi connectivity index (χ1n) is 4.36. The third-order valence-electron chi connectivity index (χ3n) is 1.89. The van der Waals surface area contributed by atoms with Crippen molar-refractivity contribution in [2.45, 2.75) is 19.1 Å². The van der Waals surface area contributed by atoms with Crippen molar-refractivity contribution in [1.82, 2.24) is 4.57 Å². The Balaban J connectivity index is 2.72. The lowest BCUT2D eigenvalue weighted by Crippen LogP contribution is -2.22. The van der Waals surface area contributed by atoms with Crippen LogP contribution >= 0.6 is 0 Å². The molecule has 16 heavy (non-hydrogen) atoms. The van der Waals surface area contributed by atoms with E-state index in [9.17, 15) is 22.8 Å². The predicted octanol–water partition coefficient (Wildman–Crippen LogP) is 1.11. The maximum atomic E-state index is 12.0. The summed E-state index contributed by atoms with van der Waals surface area (Å²) in [6, 6.07) is 1.05. The molecule has 0 aromatic carbocycles. The largest absolute Gasteiger partial charge is 0.454 e. The summed E-state index contributed by atoms with van der Waals surface area (Å²) in [5, 5.41) is 0. The molecule has 4 nitrogen and oxygen atoms in total. The van der Waals surface area contributed by atoms with Crippen LogP contribution in [0, 0.1) is 0 Å². The summed E-state index contributed by atoms with van der Waals surface area (Å²) < 4.78 is 37.4. The summed E-state index contributed by atoms with van der Waals surface area (Å²) in [7, 11) is 0. The van der Waals surface area contributed by atoms with Gasteiger partial charge in [0.25, 0.3) is 5.78 Å². The lowest BCUT2D eigenvalue weighted by molar-refractivity contribution is -0.118. The van der Waals surface area contributed by atoms with E-state index in [0.717, 1.165) is 12.3 Å². The molecule has 88 valence electrons. The standard InChI is InChI=1S/C9H9F3N2O2/c10-9(11,12)8(16)6-1-3-14(5-6)4-2-7(13)15/h1,3,5H,2,4H2,(H2,13,15). The van der Waals surface area contributed by atoms with Gasteiger partial charge in [-0.1, -0.05) is 0 Å². The number of nitrogens with zero attached hydrogens (tertiary/aromatic N) is 1. The minimum Gasteiger partial charge on any atom is -0.370 e. The Bertz CT molecular complexity index is 409. The monoisotopic (exact) mass is 234 g/mol. The molecule has 0 aliphatic carbocycles. The van der Waals surface area contributed by atoms with Crippen LogP contribution in [-0.2, 0) is 11.3 Å². The Kier molecular flexibility index (Phi) is 3.36. The number of aryl methyl sites for hydroxylation is 1. The fraction of sp³-hybridized carbons (Fsp3) is 0.333. The second kappa shape index (κ2) is 4.38. The first-order valence-corrected chi connectivity index (χ1v) is 4.36. The fourth-order valence-corrected chi connectivity index (χ4v) is 1.12. The molecule has 0 aliphatic heterocycles. The van der Waals surface area contributed by atoms with Gasteiger partial charge >= 0.3 is 6.18 Å². The molecule has 2 N–H and O–H groups in total.